The van der Waals surface area contributed by atoms with E-state index in [9.17, 15) is 4.79 Å². The summed E-state index contributed by atoms with van der Waals surface area (Å²) in [4.78, 5) is 19.5. The van der Waals surface area contributed by atoms with E-state index in [-0.39, 0.29) is 11.0 Å². The summed E-state index contributed by atoms with van der Waals surface area (Å²) in [5.74, 6) is 1.41. The number of ether oxygens (including phenoxy) is 2. The van der Waals surface area contributed by atoms with Crippen LogP contribution in [0.4, 0.5) is 0 Å². The van der Waals surface area contributed by atoms with Crippen molar-refractivity contribution in [2.45, 2.75) is 0 Å². The molecular formula is C16H12ClN3O3. The van der Waals surface area contributed by atoms with Gasteiger partial charge in [-0.05, 0) is 12.1 Å². The minimum Gasteiger partial charge on any atom is -0.493 e. The van der Waals surface area contributed by atoms with Gasteiger partial charge in [0.25, 0.3) is 0 Å². The highest BCUT2D eigenvalue weighted by Crippen LogP contribution is 2.32. The number of aromatic nitrogens is 2. The summed E-state index contributed by atoms with van der Waals surface area (Å²) in [6.45, 7) is 0.347. The maximum absolute atomic E-state index is 12.2. The molecule has 3 aromatic rings. The monoisotopic (exact) mass is 329 g/mol. The predicted octanol–water partition coefficient (Wildman–Crippen LogP) is 2.57. The Hall–Kier alpha value is -2.78. The molecule has 23 heavy (non-hydrogen) atoms. The minimum absolute atomic E-state index is 0.0488. The van der Waals surface area contributed by atoms with E-state index in [1.165, 1.54) is 13.3 Å². The number of hydrogen-bond acceptors (Lipinski definition) is 5. The van der Waals surface area contributed by atoms with E-state index in [4.69, 9.17) is 26.3 Å². The molecule has 0 fully saturated rings. The molecule has 0 spiro atoms. The third kappa shape index (κ3) is 2.67. The van der Waals surface area contributed by atoms with Crippen LogP contribution in [0.2, 0.25) is 0 Å². The second-order valence-corrected chi connectivity index (χ2v) is 5.14. The van der Waals surface area contributed by atoms with Gasteiger partial charge >= 0.3 is 0 Å². The smallest absolute Gasteiger partial charge is 0.208 e. The maximum Gasteiger partial charge on any atom is 0.208 e. The molecule has 0 unspecified atom stereocenters. The van der Waals surface area contributed by atoms with E-state index >= 15 is 0 Å². The Morgan fingerprint density at radius 3 is 2.87 bits per heavy atom. The van der Waals surface area contributed by atoms with Gasteiger partial charge < -0.3 is 14.5 Å². The zero-order chi connectivity index (χ0) is 16.4. The number of aromatic amines is 1. The van der Waals surface area contributed by atoms with Crippen LogP contribution in [-0.2, 0) is 0 Å². The number of methoxy groups -OCH3 is 1. The van der Waals surface area contributed by atoms with E-state index in [1.807, 2.05) is 6.07 Å². The quantitative estimate of drug-likeness (QED) is 0.587. The summed E-state index contributed by atoms with van der Waals surface area (Å²) in [7, 11) is 1.53. The molecule has 6 nitrogen and oxygen atoms in total. The second-order valence-electron chi connectivity index (χ2n) is 4.76. The van der Waals surface area contributed by atoms with Gasteiger partial charge in [0, 0.05) is 17.6 Å². The van der Waals surface area contributed by atoms with Gasteiger partial charge in [-0.3, -0.25) is 4.79 Å². The molecule has 0 amide bonds. The number of nitrogens with one attached hydrogen (secondary N) is 1. The lowest BCUT2D eigenvalue weighted by molar-refractivity contribution is 0.313. The van der Waals surface area contributed by atoms with E-state index in [0.29, 0.717) is 45.9 Å². The molecule has 0 aliphatic heterocycles. The molecule has 2 heterocycles. The van der Waals surface area contributed by atoms with Crippen LogP contribution < -0.4 is 14.9 Å². The van der Waals surface area contributed by atoms with E-state index in [0.717, 1.165) is 0 Å². The summed E-state index contributed by atoms with van der Waals surface area (Å²) >= 11 is 5.64. The molecule has 0 bridgehead atoms. The van der Waals surface area contributed by atoms with Crippen LogP contribution in [0.3, 0.4) is 0 Å². The Kier molecular flexibility index (Phi) is 4.04. The lowest BCUT2D eigenvalue weighted by Gasteiger charge is -2.11. The van der Waals surface area contributed by atoms with Crippen molar-refractivity contribution < 1.29 is 9.47 Å². The van der Waals surface area contributed by atoms with E-state index in [2.05, 4.69) is 9.97 Å². The molecule has 0 saturated heterocycles. The summed E-state index contributed by atoms with van der Waals surface area (Å²) in [5.41, 5.74) is 0.753. The number of nitriles is 1. The standard InChI is InChI=1S/C16H12ClN3O3/c1-22-13-5-9-4-11-15(21)10(7-18)8-19-16(11)20-12(9)6-14(13)23-3-2-17/h4-6,8H,2-3H2,1H3,(H,19,20,21). The highest BCUT2D eigenvalue weighted by molar-refractivity contribution is 6.18. The summed E-state index contributed by atoms with van der Waals surface area (Å²) in [6.07, 6.45) is 1.36. The molecular weight excluding hydrogens is 318 g/mol. The van der Waals surface area contributed by atoms with Crippen LogP contribution in [-0.4, -0.2) is 29.6 Å². The number of hydrogen-bond donors (Lipinski definition) is 1. The molecule has 116 valence electrons. The first-order valence-corrected chi connectivity index (χ1v) is 7.34. The van der Waals surface area contributed by atoms with Crippen molar-refractivity contribution in [1.82, 2.24) is 9.97 Å². The Bertz CT molecular complexity index is 992. The van der Waals surface area contributed by atoms with E-state index in [1.54, 1.807) is 18.2 Å². The van der Waals surface area contributed by atoms with Gasteiger partial charge in [0.05, 0.1) is 23.9 Å². The van der Waals surface area contributed by atoms with Gasteiger partial charge in [-0.15, -0.1) is 11.6 Å². The first-order valence-electron chi connectivity index (χ1n) is 6.81. The highest BCUT2D eigenvalue weighted by Gasteiger charge is 2.11. The van der Waals surface area contributed by atoms with Gasteiger partial charge in [-0.1, -0.05) is 0 Å². The van der Waals surface area contributed by atoms with Crippen molar-refractivity contribution in [3.8, 4) is 17.6 Å². The zero-order valence-electron chi connectivity index (χ0n) is 12.2. The average molecular weight is 330 g/mol. The van der Waals surface area contributed by atoms with Crippen molar-refractivity contribution in [1.29, 1.82) is 5.26 Å². The fourth-order valence-electron chi connectivity index (χ4n) is 2.32. The molecule has 7 heteroatoms. The van der Waals surface area contributed by atoms with Crippen LogP contribution in [0.15, 0.2) is 29.2 Å². The van der Waals surface area contributed by atoms with Crippen molar-refractivity contribution in [2.75, 3.05) is 19.6 Å². The normalized spacial score (nSPS) is 10.7. The lowest BCUT2D eigenvalue weighted by atomic mass is 10.1. The van der Waals surface area contributed by atoms with Gasteiger partial charge in [-0.25, -0.2) is 4.98 Å². The molecule has 1 aromatic carbocycles. The number of pyridine rings is 2. The lowest BCUT2D eigenvalue weighted by Crippen LogP contribution is -2.08. The number of rotatable bonds is 4. The van der Waals surface area contributed by atoms with Crippen LogP contribution in [0, 0.1) is 11.3 Å². The van der Waals surface area contributed by atoms with Crippen LogP contribution in [0.25, 0.3) is 21.9 Å². The third-order valence-electron chi connectivity index (χ3n) is 3.40. The Balaban J connectivity index is 2.27. The van der Waals surface area contributed by atoms with Crippen LogP contribution in [0.5, 0.6) is 11.5 Å². The molecule has 0 atom stereocenters. The van der Waals surface area contributed by atoms with Crippen molar-refractivity contribution in [2.24, 2.45) is 0 Å². The van der Waals surface area contributed by atoms with Gasteiger partial charge in [0.15, 0.2) is 11.5 Å². The fourth-order valence-corrected chi connectivity index (χ4v) is 2.40. The second kappa shape index (κ2) is 6.15. The number of fused-ring (bicyclic) bond motifs is 2. The van der Waals surface area contributed by atoms with Crippen molar-refractivity contribution in [3.05, 3.63) is 40.2 Å². The van der Waals surface area contributed by atoms with Crippen molar-refractivity contribution >= 4 is 33.5 Å². The third-order valence-corrected chi connectivity index (χ3v) is 3.55. The fraction of sp³-hybridized carbons (Fsp3) is 0.188. The maximum atomic E-state index is 12.2. The average Bonchev–Trinajstić information content (AvgIpc) is 2.58. The molecule has 0 aliphatic rings. The zero-order valence-corrected chi connectivity index (χ0v) is 13.0. The summed E-state index contributed by atoms with van der Waals surface area (Å²) in [5, 5.41) is 10.0. The van der Waals surface area contributed by atoms with Crippen molar-refractivity contribution in [3.63, 3.8) is 0 Å². The first kappa shape index (κ1) is 15.1. The number of benzene rings is 1. The number of halogens is 1. The van der Waals surface area contributed by atoms with E-state index < -0.39 is 0 Å². The molecule has 0 radical (unpaired) electrons. The van der Waals surface area contributed by atoms with Crippen LogP contribution >= 0.6 is 11.6 Å². The minimum atomic E-state index is -0.350. The Labute approximate surface area is 136 Å². The predicted molar refractivity (Wildman–Crippen MR) is 87.4 cm³/mol. The largest absolute Gasteiger partial charge is 0.493 e. The number of nitrogens with zero attached hydrogens (tertiary/aromatic N) is 2. The molecule has 1 N–H and O–H groups in total. The summed E-state index contributed by atoms with van der Waals surface area (Å²) in [6, 6.07) is 7.02. The molecule has 0 aliphatic carbocycles. The number of H-pyrrole nitrogens is 1. The summed E-state index contributed by atoms with van der Waals surface area (Å²) < 4.78 is 10.8. The van der Waals surface area contributed by atoms with Gasteiger partial charge in [-0.2, -0.15) is 5.26 Å². The first-order chi connectivity index (χ1) is 11.2. The Morgan fingerprint density at radius 1 is 1.35 bits per heavy atom. The molecule has 3 rings (SSSR count). The van der Waals surface area contributed by atoms with Gasteiger partial charge in [0.1, 0.15) is 23.9 Å². The molecule has 0 saturated carbocycles. The van der Waals surface area contributed by atoms with Crippen LogP contribution in [0.1, 0.15) is 5.56 Å². The topological polar surface area (TPSA) is 88.0 Å². The SMILES string of the molecule is COc1cc2cc3c(=O)c(C#N)c[nH]c3nc2cc1OCCCl. The number of alkyl halides is 1. The van der Waals surface area contributed by atoms with Gasteiger partial charge in [0.2, 0.25) is 5.43 Å². The Morgan fingerprint density at radius 2 is 2.17 bits per heavy atom. The highest BCUT2D eigenvalue weighted by atomic mass is 35.5. The molecule has 2 aromatic heterocycles.